The smallest absolute Gasteiger partial charge is 0.351 e. The normalized spacial score (nSPS) is 15.8. The third-order valence-electron chi connectivity index (χ3n) is 5.89. The molecular formula is C22H30ClN5O4. The van der Waals surface area contributed by atoms with Crippen molar-refractivity contribution in [2.45, 2.75) is 57.6 Å². The summed E-state index contributed by atoms with van der Waals surface area (Å²) in [7, 11) is 3.23. The molecule has 10 heteroatoms. The van der Waals surface area contributed by atoms with Crippen LogP contribution < -0.4 is 11.0 Å². The minimum atomic E-state index is -0.915. The molecule has 3 rings (SSSR count). The van der Waals surface area contributed by atoms with Gasteiger partial charge < -0.3 is 15.3 Å². The first-order valence-electron chi connectivity index (χ1n) is 10.8. The Kier molecular flexibility index (Phi) is 7.40. The minimum absolute atomic E-state index is 0.128. The van der Waals surface area contributed by atoms with E-state index in [1.54, 1.807) is 27.1 Å². The van der Waals surface area contributed by atoms with Crippen LogP contribution >= 0.6 is 11.6 Å². The zero-order chi connectivity index (χ0) is 23.5. The molecule has 0 unspecified atom stereocenters. The summed E-state index contributed by atoms with van der Waals surface area (Å²) in [4.78, 5) is 39.1. The standard InChI is InChI=1S/C22H30ClN5O4/c1-15-25-28(21(31)27(15)13-19(29)26(2)3)16-8-9-18(23)17(12-16)20(30)24-14-22(32)10-6-4-5-7-11-22/h8-9,12,32H,4-7,10-11,13-14H2,1-3H3,(H,24,30). The lowest BCUT2D eigenvalue weighted by Gasteiger charge is -2.26. The van der Waals surface area contributed by atoms with Gasteiger partial charge in [-0.15, -0.1) is 0 Å². The highest BCUT2D eigenvalue weighted by Crippen LogP contribution is 2.27. The van der Waals surface area contributed by atoms with Gasteiger partial charge in [-0.05, 0) is 38.0 Å². The molecule has 0 bridgehead atoms. The SMILES string of the molecule is Cc1nn(-c2ccc(Cl)c(C(=O)NCC3(O)CCCCCC3)c2)c(=O)n1CC(=O)N(C)C. The second kappa shape index (κ2) is 9.87. The predicted octanol–water partition coefficient (Wildman–Crippen LogP) is 1.90. The number of hydrogen-bond donors (Lipinski definition) is 2. The summed E-state index contributed by atoms with van der Waals surface area (Å²) in [5, 5.41) is 18.1. The van der Waals surface area contributed by atoms with E-state index in [1.807, 2.05) is 0 Å². The maximum Gasteiger partial charge on any atom is 0.351 e. The van der Waals surface area contributed by atoms with Crippen LogP contribution in [0.25, 0.3) is 5.69 Å². The van der Waals surface area contributed by atoms with E-state index >= 15 is 0 Å². The monoisotopic (exact) mass is 463 g/mol. The lowest BCUT2D eigenvalue weighted by atomic mass is 9.94. The number of amides is 2. The number of benzene rings is 1. The fraction of sp³-hybridized carbons (Fsp3) is 0.545. The molecule has 2 aromatic rings. The van der Waals surface area contributed by atoms with Crippen molar-refractivity contribution in [3.8, 4) is 5.69 Å². The summed E-state index contributed by atoms with van der Waals surface area (Å²) in [6.07, 6.45) is 5.35. The van der Waals surface area contributed by atoms with E-state index < -0.39 is 17.2 Å². The Bertz CT molecular complexity index is 1050. The Labute approximate surface area is 192 Å². The lowest BCUT2D eigenvalue weighted by molar-refractivity contribution is -0.129. The zero-order valence-corrected chi connectivity index (χ0v) is 19.5. The second-order valence-corrected chi connectivity index (χ2v) is 9.01. The number of hydrogen-bond acceptors (Lipinski definition) is 5. The van der Waals surface area contributed by atoms with E-state index in [2.05, 4.69) is 10.4 Å². The van der Waals surface area contributed by atoms with E-state index in [-0.39, 0.29) is 29.6 Å². The molecule has 0 radical (unpaired) electrons. The number of aliphatic hydroxyl groups is 1. The lowest BCUT2D eigenvalue weighted by Crippen LogP contribution is -2.42. The van der Waals surface area contributed by atoms with Crippen molar-refractivity contribution in [2.24, 2.45) is 0 Å². The van der Waals surface area contributed by atoms with E-state index in [0.717, 1.165) is 30.4 Å². The van der Waals surface area contributed by atoms with Crippen molar-refractivity contribution in [1.29, 1.82) is 0 Å². The first-order valence-corrected chi connectivity index (χ1v) is 11.2. The van der Waals surface area contributed by atoms with E-state index in [1.165, 1.54) is 21.6 Å². The molecule has 32 heavy (non-hydrogen) atoms. The summed E-state index contributed by atoms with van der Waals surface area (Å²) in [5.41, 5.74) is -0.858. The van der Waals surface area contributed by atoms with Crippen molar-refractivity contribution < 1.29 is 14.7 Å². The van der Waals surface area contributed by atoms with Crippen LogP contribution in [-0.2, 0) is 11.3 Å². The van der Waals surface area contributed by atoms with Crippen molar-refractivity contribution in [3.05, 3.63) is 45.1 Å². The van der Waals surface area contributed by atoms with Crippen molar-refractivity contribution in [1.82, 2.24) is 24.6 Å². The summed E-state index contributed by atoms with van der Waals surface area (Å²) >= 11 is 6.25. The highest BCUT2D eigenvalue weighted by Gasteiger charge is 2.29. The van der Waals surface area contributed by atoms with Gasteiger partial charge >= 0.3 is 5.69 Å². The summed E-state index contributed by atoms with van der Waals surface area (Å²) < 4.78 is 2.42. The number of nitrogens with zero attached hydrogens (tertiary/aromatic N) is 4. The van der Waals surface area contributed by atoms with E-state index in [9.17, 15) is 19.5 Å². The van der Waals surface area contributed by atoms with Gasteiger partial charge in [0.15, 0.2) is 0 Å². The Morgan fingerprint density at radius 3 is 2.50 bits per heavy atom. The topological polar surface area (TPSA) is 109 Å². The van der Waals surface area contributed by atoms with E-state index in [4.69, 9.17) is 11.6 Å². The average molecular weight is 464 g/mol. The number of halogens is 1. The number of carbonyl (C=O) groups is 2. The summed E-state index contributed by atoms with van der Waals surface area (Å²) in [6, 6.07) is 4.60. The largest absolute Gasteiger partial charge is 0.388 e. The highest BCUT2D eigenvalue weighted by molar-refractivity contribution is 6.33. The molecular weight excluding hydrogens is 434 g/mol. The molecule has 174 valence electrons. The molecule has 0 aliphatic heterocycles. The molecule has 0 spiro atoms. The molecule has 1 saturated carbocycles. The van der Waals surface area contributed by atoms with Gasteiger partial charge in [0.05, 0.1) is 21.9 Å². The molecule has 9 nitrogen and oxygen atoms in total. The Morgan fingerprint density at radius 1 is 1.22 bits per heavy atom. The number of aromatic nitrogens is 3. The molecule has 1 aliphatic carbocycles. The number of carbonyl (C=O) groups excluding carboxylic acids is 2. The second-order valence-electron chi connectivity index (χ2n) is 8.60. The fourth-order valence-electron chi connectivity index (χ4n) is 3.84. The number of aryl methyl sites for hydroxylation is 1. The Morgan fingerprint density at radius 2 is 1.88 bits per heavy atom. The van der Waals surface area contributed by atoms with Gasteiger partial charge in [-0.1, -0.05) is 37.3 Å². The first-order chi connectivity index (χ1) is 15.1. The number of rotatable bonds is 6. The van der Waals surface area contributed by atoms with Crippen LogP contribution in [-0.4, -0.2) is 62.4 Å². The van der Waals surface area contributed by atoms with Crippen LogP contribution in [0.4, 0.5) is 0 Å². The molecule has 1 aromatic heterocycles. The van der Waals surface area contributed by atoms with Crippen LogP contribution in [0.2, 0.25) is 5.02 Å². The highest BCUT2D eigenvalue weighted by atomic mass is 35.5. The van der Waals surface area contributed by atoms with Gasteiger partial charge in [0.25, 0.3) is 5.91 Å². The van der Waals surface area contributed by atoms with Gasteiger partial charge in [0.2, 0.25) is 5.91 Å². The van der Waals surface area contributed by atoms with Crippen LogP contribution in [0.1, 0.15) is 54.7 Å². The first kappa shape index (κ1) is 24.0. The predicted molar refractivity (Wildman–Crippen MR) is 121 cm³/mol. The molecule has 0 atom stereocenters. The fourth-order valence-corrected chi connectivity index (χ4v) is 4.05. The van der Waals surface area contributed by atoms with Crippen molar-refractivity contribution in [3.63, 3.8) is 0 Å². The average Bonchev–Trinajstić information content (AvgIpc) is 2.91. The van der Waals surface area contributed by atoms with Gasteiger partial charge in [0.1, 0.15) is 12.4 Å². The number of nitrogens with one attached hydrogen (secondary N) is 1. The Hall–Kier alpha value is -2.65. The molecule has 0 saturated heterocycles. The van der Waals surface area contributed by atoms with Gasteiger partial charge in [0, 0.05) is 20.6 Å². The molecule has 1 heterocycles. The molecule has 2 amide bonds. The quantitative estimate of drug-likeness (QED) is 0.636. The number of likely N-dealkylation sites (N-methyl/N-ethyl adjacent to an activating group) is 1. The molecule has 2 N–H and O–H groups in total. The van der Waals surface area contributed by atoms with Gasteiger partial charge in [-0.3, -0.25) is 14.2 Å². The minimum Gasteiger partial charge on any atom is -0.388 e. The van der Waals surface area contributed by atoms with Crippen LogP contribution in [0, 0.1) is 6.92 Å². The third kappa shape index (κ3) is 5.39. The van der Waals surface area contributed by atoms with Crippen LogP contribution in [0.15, 0.2) is 23.0 Å². The van der Waals surface area contributed by atoms with Crippen LogP contribution in [0.3, 0.4) is 0 Å². The van der Waals surface area contributed by atoms with E-state index in [0.29, 0.717) is 24.4 Å². The zero-order valence-electron chi connectivity index (χ0n) is 18.7. The summed E-state index contributed by atoms with van der Waals surface area (Å²) in [6.45, 7) is 1.65. The van der Waals surface area contributed by atoms with Gasteiger partial charge in [-0.2, -0.15) is 9.78 Å². The molecule has 1 aliphatic rings. The molecule has 1 fully saturated rings. The van der Waals surface area contributed by atoms with Crippen LogP contribution in [0.5, 0.6) is 0 Å². The summed E-state index contributed by atoms with van der Waals surface area (Å²) in [5.74, 6) is -0.286. The maximum atomic E-state index is 12.8. The molecule has 1 aromatic carbocycles. The van der Waals surface area contributed by atoms with Crippen molar-refractivity contribution in [2.75, 3.05) is 20.6 Å². The Balaban J connectivity index is 1.82. The third-order valence-corrected chi connectivity index (χ3v) is 6.22. The van der Waals surface area contributed by atoms with Gasteiger partial charge in [-0.25, -0.2) is 4.79 Å². The van der Waals surface area contributed by atoms with Crippen molar-refractivity contribution >= 4 is 23.4 Å². The maximum absolute atomic E-state index is 12.8.